The first-order chi connectivity index (χ1) is 10.4. The minimum absolute atomic E-state index is 0.172. The molecule has 0 saturated carbocycles. The van der Waals surface area contributed by atoms with Crippen molar-refractivity contribution in [3.8, 4) is 0 Å². The molecule has 2 atom stereocenters. The van der Waals surface area contributed by atoms with Crippen LogP contribution in [0, 0.1) is 6.92 Å². The minimum Gasteiger partial charge on any atom is -0.451 e. The van der Waals surface area contributed by atoms with E-state index in [0.717, 1.165) is 6.42 Å². The van der Waals surface area contributed by atoms with E-state index in [1.54, 1.807) is 13.0 Å². The Kier molecular flexibility index (Phi) is 4.79. The van der Waals surface area contributed by atoms with Crippen LogP contribution in [0.5, 0.6) is 0 Å². The minimum atomic E-state index is -0.987. The Morgan fingerprint density at radius 3 is 2.82 bits per heavy atom. The predicted octanol–water partition coefficient (Wildman–Crippen LogP) is 0.864. The fraction of sp³-hybridized carbons (Fsp3) is 0.571. The molecule has 22 heavy (non-hydrogen) atoms. The average Bonchev–Trinajstić information content (AvgIpc) is 3.07. The fourth-order valence-corrected chi connectivity index (χ4v) is 2.35. The van der Waals surface area contributed by atoms with E-state index in [1.807, 2.05) is 0 Å². The highest BCUT2D eigenvalue weighted by Crippen LogP contribution is 2.19. The zero-order valence-corrected chi connectivity index (χ0v) is 12.8. The van der Waals surface area contributed by atoms with Crippen LogP contribution in [0.3, 0.4) is 0 Å². The molecule has 1 aromatic rings. The van der Waals surface area contributed by atoms with Crippen LogP contribution in [0.15, 0.2) is 10.6 Å². The zero-order chi connectivity index (χ0) is 16.3. The number of esters is 1. The highest BCUT2D eigenvalue weighted by atomic mass is 16.5. The largest absolute Gasteiger partial charge is 0.451 e. The number of hydrogen-bond donors (Lipinski definition) is 1. The summed E-state index contributed by atoms with van der Waals surface area (Å²) in [6.45, 7) is 5.11. The quantitative estimate of drug-likeness (QED) is 0.828. The first-order valence-corrected chi connectivity index (χ1v) is 7.10. The second-order valence-corrected chi connectivity index (χ2v) is 5.26. The fourth-order valence-electron chi connectivity index (χ4n) is 2.35. The normalized spacial score (nSPS) is 18.9. The van der Waals surface area contributed by atoms with Gasteiger partial charge in [0.25, 0.3) is 5.91 Å². The van der Waals surface area contributed by atoms with Crippen molar-refractivity contribution in [1.29, 1.82) is 0 Å². The maximum absolute atomic E-state index is 12.1. The maximum atomic E-state index is 12.1. The van der Waals surface area contributed by atoms with Crippen LogP contribution in [-0.4, -0.2) is 46.5 Å². The lowest BCUT2D eigenvalue weighted by Crippen LogP contribution is -2.42. The molecule has 8 nitrogen and oxygen atoms in total. The number of likely N-dealkylation sites (tertiary alicyclic amines) is 1. The third-order valence-corrected chi connectivity index (χ3v) is 3.47. The van der Waals surface area contributed by atoms with Gasteiger partial charge in [-0.1, -0.05) is 5.16 Å². The van der Waals surface area contributed by atoms with Gasteiger partial charge in [0.15, 0.2) is 11.9 Å². The van der Waals surface area contributed by atoms with E-state index in [9.17, 15) is 14.4 Å². The molecule has 1 aromatic heterocycles. The summed E-state index contributed by atoms with van der Waals surface area (Å²) in [6.07, 6.45) is 0.312. The molecule has 0 radical (unpaired) electrons. The number of carbonyl (C=O) groups excluding carboxylic acids is 3. The Morgan fingerprint density at radius 2 is 2.23 bits per heavy atom. The van der Waals surface area contributed by atoms with Crippen LogP contribution in [0.25, 0.3) is 0 Å². The number of nitrogens with one attached hydrogen (secondary N) is 1. The van der Waals surface area contributed by atoms with Crippen molar-refractivity contribution >= 4 is 23.6 Å². The van der Waals surface area contributed by atoms with Gasteiger partial charge in [-0.3, -0.25) is 9.59 Å². The molecule has 0 bridgehead atoms. The van der Waals surface area contributed by atoms with Gasteiger partial charge in [0.2, 0.25) is 5.91 Å². The Labute approximate surface area is 127 Å². The predicted molar refractivity (Wildman–Crippen MR) is 75.8 cm³/mol. The molecule has 2 amide bonds. The molecule has 0 aromatic carbocycles. The van der Waals surface area contributed by atoms with Gasteiger partial charge in [-0.25, -0.2) is 4.79 Å². The van der Waals surface area contributed by atoms with Crippen LogP contribution in [0.1, 0.15) is 32.4 Å². The zero-order valence-electron chi connectivity index (χ0n) is 12.8. The topological polar surface area (TPSA) is 102 Å². The third-order valence-electron chi connectivity index (χ3n) is 3.47. The number of aryl methyl sites for hydroxylation is 1. The van der Waals surface area contributed by atoms with Crippen LogP contribution in [0.2, 0.25) is 0 Å². The van der Waals surface area contributed by atoms with E-state index >= 15 is 0 Å². The van der Waals surface area contributed by atoms with E-state index in [0.29, 0.717) is 18.7 Å². The Bertz CT molecular complexity index is 583. The number of rotatable bonds is 4. The van der Waals surface area contributed by atoms with Gasteiger partial charge in [0, 0.05) is 19.5 Å². The SMILES string of the molecule is CC(=O)N1CCC[C@@H]1C(=O)O[C@@H](C)C(=O)Nc1cc(C)on1. The number of amides is 2. The van der Waals surface area contributed by atoms with Crippen LogP contribution >= 0.6 is 0 Å². The summed E-state index contributed by atoms with van der Waals surface area (Å²) in [5, 5.41) is 6.12. The second-order valence-electron chi connectivity index (χ2n) is 5.26. The lowest BCUT2D eigenvalue weighted by Gasteiger charge is -2.23. The van der Waals surface area contributed by atoms with Crippen LogP contribution < -0.4 is 5.32 Å². The van der Waals surface area contributed by atoms with Gasteiger partial charge in [-0.15, -0.1) is 0 Å². The van der Waals surface area contributed by atoms with Gasteiger partial charge >= 0.3 is 5.97 Å². The average molecular weight is 309 g/mol. The van der Waals surface area contributed by atoms with Crippen LogP contribution in [0.4, 0.5) is 5.82 Å². The van der Waals surface area contributed by atoms with Crippen molar-refractivity contribution in [3.63, 3.8) is 0 Å². The summed E-state index contributed by atoms with van der Waals surface area (Å²) in [6, 6.07) is 0.947. The van der Waals surface area contributed by atoms with E-state index in [2.05, 4.69) is 10.5 Å². The molecule has 0 spiro atoms. The molecular formula is C14H19N3O5. The van der Waals surface area contributed by atoms with Gasteiger partial charge in [0.05, 0.1) is 0 Å². The van der Waals surface area contributed by atoms with Gasteiger partial charge in [-0.2, -0.15) is 0 Å². The molecule has 1 aliphatic rings. The van der Waals surface area contributed by atoms with Crippen molar-refractivity contribution in [1.82, 2.24) is 10.1 Å². The summed E-state index contributed by atoms with van der Waals surface area (Å²) < 4.78 is 9.98. The van der Waals surface area contributed by atoms with Gasteiger partial charge in [0.1, 0.15) is 11.8 Å². The Morgan fingerprint density at radius 1 is 1.50 bits per heavy atom. The van der Waals surface area contributed by atoms with Crippen molar-refractivity contribution < 1.29 is 23.6 Å². The smallest absolute Gasteiger partial charge is 0.329 e. The maximum Gasteiger partial charge on any atom is 0.329 e. The third kappa shape index (κ3) is 3.63. The molecule has 2 rings (SSSR count). The Hall–Kier alpha value is -2.38. The molecule has 1 saturated heterocycles. The summed E-state index contributed by atoms with van der Waals surface area (Å²) in [5.41, 5.74) is 0. The lowest BCUT2D eigenvalue weighted by atomic mass is 10.2. The summed E-state index contributed by atoms with van der Waals surface area (Å²) in [4.78, 5) is 36.9. The van der Waals surface area contributed by atoms with Crippen molar-refractivity contribution in [2.24, 2.45) is 0 Å². The summed E-state index contributed by atoms with van der Waals surface area (Å²) in [7, 11) is 0. The standard InChI is InChI=1S/C14H19N3O5/c1-8-7-12(16-22-8)15-13(19)9(2)21-14(20)11-5-4-6-17(11)10(3)18/h7,9,11H,4-6H2,1-3H3,(H,15,16,19)/t9-,11+/m0/s1. The number of hydrogen-bond acceptors (Lipinski definition) is 6. The second kappa shape index (κ2) is 6.59. The molecule has 1 fully saturated rings. The van der Waals surface area contributed by atoms with E-state index in [4.69, 9.17) is 9.26 Å². The first-order valence-electron chi connectivity index (χ1n) is 7.10. The number of carbonyl (C=O) groups is 3. The number of aromatic nitrogens is 1. The van der Waals surface area contributed by atoms with Crippen molar-refractivity contribution in [3.05, 3.63) is 11.8 Å². The monoisotopic (exact) mass is 309 g/mol. The highest BCUT2D eigenvalue weighted by Gasteiger charge is 2.35. The number of nitrogens with zero attached hydrogens (tertiary/aromatic N) is 2. The molecular weight excluding hydrogens is 290 g/mol. The summed E-state index contributed by atoms with van der Waals surface area (Å²) in [5.74, 6) is -0.421. The molecule has 0 aliphatic carbocycles. The lowest BCUT2D eigenvalue weighted by molar-refractivity contribution is -0.159. The van der Waals surface area contributed by atoms with Crippen LogP contribution in [-0.2, 0) is 19.1 Å². The van der Waals surface area contributed by atoms with E-state index < -0.39 is 24.0 Å². The summed E-state index contributed by atoms with van der Waals surface area (Å²) >= 11 is 0. The molecule has 1 N–H and O–H groups in total. The molecule has 8 heteroatoms. The Balaban J connectivity index is 1.90. The van der Waals surface area contributed by atoms with Crippen molar-refractivity contribution in [2.75, 3.05) is 11.9 Å². The van der Waals surface area contributed by atoms with Crippen molar-refractivity contribution in [2.45, 2.75) is 45.8 Å². The van der Waals surface area contributed by atoms with Gasteiger partial charge < -0.3 is 19.5 Å². The molecule has 2 heterocycles. The number of ether oxygens (including phenoxy) is 1. The molecule has 0 unspecified atom stereocenters. The van der Waals surface area contributed by atoms with E-state index in [-0.39, 0.29) is 11.7 Å². The highest BCUT2D eigenvalue weighted by molar-refractivity contribution is 5.95. The first kappa shape index (κ1) is 16.0. The molecule has 120 valence electrons. The van der Waals surface area contributed by atoms with E-state index in [1.165, 1.54) is 18.7 Å². The number of anilines is 1. The molecule has 1 aliphatic heterocycles. The van der Waals surface area contributed by atoms with Gasteiger partial charge in [-0.05, 0) is 26.7 Å².